The molecule has 0 saturated carbocycles. The lowest BCUT2D eigenvalue weighted by atomic mass is 10.0. The zero-order valence-electron chi connectivity index (χ0n) is 7.47. The molecular weight excluding hydrogens is 167 g/mol. The number of hydrogen-bond acceptors (Lipinski definition) is 2. The number of rotatable bonds is 1. The number of aryl methyl sites for hydroxylation is 1. The van der Waals surface area contributed by atoms with E-state index in [-0.39, 0.29) is 5.82 Å². The van der Waals surface area contributed by atoms with Gasteiger partial charge in [0.2, 0.25) is 0 Å². The van der Waals surface area contributed by atoms with Crippen LogP contribution < -0.4 is 5.73 Å². The molecule has 1 aromatic carbocycles. The van der Waals surface area contributed by atoms with E-state index in [2.05, 4.69) is 4.99 Å². The second kappa shape index (κ2) is 2.83. The third-order valence-corrected chi connectivity index (χ3v) is 2.32. The molecule has 0 aromatic heterocycles. The van der Waals surface area contributed by atoms with Crippen LogP contribution in [0.25, 0.3) is 0 Å². The molecule has 0 aliphatic carbocycles. The first kappa shape index (κ1) is 8.23. The largest absolute Gasteiger partial charge is 0.387 e. The van der Waals surface area contributed by atoms with Gasteiger partial charge in [0, 0.05) is 6.42 Å². The summed E-state index contributed by atoms with van der Waals surface area (Å²) in [7, 11) is 0. The number of fused-ring (bicyclic) bond motifs is 1. The maximum Gasteiger partial charge on any atom is 0.149 e. The van der Waals surface area contributed by atoms with E-state index >= 15 is 0 Å². The van der Waals surface area contributed by atoms with Crippen LogP contribution in [0.3, 0.4) is 0 Å². The van der Waals surface area contributed by atoms with Crippen LogP contribution in [-0.2, 0) is 12.8 Å². The molecule has 1 aromatic rings. The summed E-state index contributed by atoms with van der Waals surface area (Å²) in [6.07, 6.45) is 1.49. The molecule has 1 heterocycles. The lowest BCUT2D eigenvalue weighted by Crippen LogP contribution is -2.10. The van der Waals surface area contributed by atoms with Crippen molar-refractivity contribution in [1.29, 1.82) is 0 Å². The van der Waals surface area contributed by atoms with Crippen molar-refractivity contribution in [3.8, 4) is 0 Å². The first-order chi connectivity index (χ1) is 6.22. The van der Waals surface area contributed by atoms with E-state index in [9.17, 15) is 4.39 Å². The molecule has 1 aliphatic rings. The SMILES string of the molecule is CCc1ccc(F)c2c1CC(N)=N2. The van der Waals surface area contributed by atoms with Crippen LogP contribution in [0.5, 0.6) is 0 Å². The van der Waals surface area contributed by atoms with Crippen LogP contribution in [0.1, 0.15) is 18.1 Å². The van der Waals surface area contributed by atoms with Gasteiger partial charge in [-0.25, -0.2) is 9.38 Å². The average Bonchev–Trinajstić information content (AvgIpc) is 2.48. The molecule has 0 atom stereocenters. The van der Waals surface area contributed by atoms with Crippen LogP contribution in [0, 0.1) is 5.82 Å². The molecule has 1 aliphatic heterocycles. The minimum absolute atomic E-state index is 0.271. The second-order valence-electron chi connectivity index (χ2n) is 3.17. The van der Waals surface area contributed by atoms with Crippen LogP contribution in [-0.4, -0.2) is 5.84 Å². The van der Waals surface area contributed by atoms with Crippen molar-refractivity contribution in [2.45, 2.75) is 19.8 Å². The van der Waals surface area contributed by atoms with Gasteiger partial charge in [0.05, 0.1) is 0 Å². The molecular formula is C10H11FN2. The van der Waals surface area contributed by atoms with E-state index in [0.717, 1.165) is 17.5 Å². The average molecular weight is 178 g/mol. The maximum atomic E-state index is 13.2. The van der Waals surface area contributed by atoms with Crippen LogP contribution in [0.15, 0.2) is 17.1 Å². The summed E-state index contributed by atoms with van der Waals surface area (Å²) in [6.45, 7) is 2.04. The van der Waals surface area contributed by atoms with E-state index in [0.29, 0.717) is 17.9 Å². The van der Waals surface area contributed by atoms with E-state index in [1.54, 1.807) is 0 Å². The van der Waals surface area contributed by atoms with Crippen LogP contribution >= 0.6 is 0 Å². The Morgan fingerprint density at radius 1 is 1.54 bits per heavy atom. The van der Waals surface area contributed by atoms with E-state index in [4.69, 9.17) is 5.73 Å². The van der Waals surface area contributed by atoms with Gasteiger partial charge < -0.3 is 5.73 Å². The smallest absolute Gasteiger partial charge is 0.149 e. The van der Waals surface area contributed by atoms with Gasteiger partial charge in [0.15, 0.2) is 0 Å². The molecule has 0 radical (unpaired) electrons. The Hall–Kier alpha value is -1.38. The summed E-state index contributed by atoms with van der Waals surface area (Å²) >= 11 is 0. The Labute approximate surface area is 76.3 Å². The Morgan fingerprint density at radius 3 is 3.00 bits per heavy atom. The van der Waals surface area contributed by atoms with Crippen molar-refractivity contribution in [3.63, 3.8) is 0 Å². The molecule has 2 rings (SSSR count). The summed E-state index contributed by atoms with van der Waals surface area (Å²) in [4.78, 5) is 3.98. The summed E-state index contributed by atoms with van der Waals surface area (Å²) < 4.78 is 13.2. The minimum atomic E-state index is -0.271. The highest BCUT2D eigenvalue weighted by molar-refractivity contribution is 5.91. The highest BCUT2D eigenvalue weighted by Crippen LogP contribution is 2.31. The van der Waals surface area contributed by atoms with Crippen LogP contribution in [0.4, 0.5) is 10.1 Å². The predicted molar refractivity (Wildman–Crippen MR) is 50.8 cm³/mol. The number of aliphatic imine (C=N–C) groups is 1. The van der Waals surface area contributed by atoms with Gasteiger partial charge in [-0.2, -0.15) is 0 Å². The van der Waals surface area contributed by atoms with E-state index in [1.807, 2.05) is 13.0 Å². The minimum Gasteiger partial charge on any atom is -0.387 e. The summed E-state index contributed by atoms with van der Waals surface area (Å²) in [5.74, 6) is 0.238. The highest BCUT2D eigenvalue weighted by Gasteiger charge is 2.18. The van der Waals surface area contributed by atoms with Crippen molar-refractivity contribution in [2.24, 2.45) is 10.7 Å². The molecule has 0 unspecified atom stereocenters. The Morgan fingerprint density at radius 2 is 2.31 bits per heavy atom. The first-order valence-corrected chi connectivity index (χ1v) is 4.35. The zero-order chi connectivity index (χ0) is 9.42. The fraction of sp³-hybridized carbons (Fsp3) is 0.300. The lowest BCUT2D eigenvalue weighted by Gasteiger charge is -2.04. The number of halogens is 1. The molecule has 2 N–H and O–H groups in total. The number of benzene rings is 1. The molecule has 0 saturated heterocycles. The Kier molecular flexibility index (Phi) is 1.79. The fourth-order valence-corrected chi connectivity index (χ4v) is 1.66. The maximum absolute atomic E-state index is 13.2. The van der Waals surface area contributed by atoms with Gasteiger partial charge >= 0.3 is 0 Å². The Balaban J connectivity index is 2.60. The van der Waals surface area contributed by atoms with Crippen molar-refractivity contribution in [3.05, 3.63) is 29.1 Å². The van der Waals surface area contributed by atoms with Gasteiger partial charge in [-0.3, -0.25) is 0 Å². The highest BCUT2D eigenvalue weighted by atomic mass is 19.1. The fourth-order valence-electron chi connectivity index (χ4n) is 1.66. The van der Waals surface area contributed by atoms with E-state index < -0.39 is 0 Å². The summed E-state index contributed by atoms with van der Waals surface area (Å²) in [6, 6.07) is 3.27. The monoisotopic (exact) mass is 178 g/mol. The van der Waals surface area contributed by atoms with Crippen LogP contribution in [0.2, 0.25) is 0 Å². The van der Waals surface area contributed by atoms with Crippen molar-refractivity contribution in [2.75, 3.05) is 0 Å². The number of nitrogens with zero attached hydrogens (tertiary/aromatic N) is 1. The molecule has 0 bridgehead atoms. The lowest BCUT2D eigenvalue weighted by molar-refractivity contribution is 0.628. The third kappa shape index (κ3) is 1.20. The standard InChI is InChI=1S/C10H11FN2/c1-2-6-3-4-8(11)10-7(6)5-9(12)13-10/h3-4H,2,5H2,1H3,(H2,12,13). The number of nitrogens with two attached hydrogens (primary N) is 1. The molecule has 68 valence electrons. The zero-order valence-corrected chi connectivity index (χ0v) is 7.47. The summed E-state index contributed by atoms with van der Waals surface area (Å²) in [5.41, 5.74) is 8.10. The van der Waals surface area contributed by atoms with Gasteiger partial charge in [0.25, 0.3) is 0 Å². The normalized spacial score (nSPS) is 14.2. The summed E-state index contributed by atoms with van der Waals surface area (Å²) in [5, 5.41) is 0. The van der Waals surface area contributed by atoms with Crippen molar-refractivity contribution >= 4 is 11.5 Å². The third-order valence-electron chi connectivity index (χ3n) is 2.32. The van der Waals surface area contributed by atoms with E-state index in [1.165, 1.54) is 6.07 Å². The first-order valence-electron chi connectivity index (χ1n) is 4.35. The second-order valence-corrected chi connectivity index (χ2v) is 3.17. The van der Waals surface area contributed by atoms with Crippen molar-refractivity contribution in [1.82, 2.24) is 0 Å². The molecule has 0 spiro atoms. The molecule has 3 heteroatoms. The predicted octanol–water partition coefficient (Wildman–Crippen LogP) is 1.93. The van der Waals surface area contributed by atoms with Gasteiger partial charge in [-0.15, -0.1) is 0 Å². The van der Waals surface area contributed by atoms with Gasteiger partial charge in [-0.1, -0.05) is 13.0 Å². The quantitative estimate of drug-likeness (QED) is 0.701. The molecule has 2 nitrogen and oxygen atoms in total. The molecule has 0 amide bonds. The Bertz CT molecular complexity index is 383. The van der Waals surface area contributed by atoms with Gasteiger partial charge in [0.1, 0.15) is 17.3 Å². The van der Waals surface area contributed by atoms with Gasteiger partial charge in [-0.05, 0) is 23.6 Å². The molecule has 0 fully saturated rings. The molecule has 13 heavy (non-hydrogen) atoms. The topological polar surface area (TPSA) is 38.4 Å². The number of amidine groups is 1. The van der Waals surface area contributed by atoms with Crippen molar-refractivity contribution < 1.29 is 4.39 Å². The number of hydrogen-bond donors (Lipinski definition) is 1.